The molecule has 208 valence electrons. The fraction of sp³-hybridized carbons (Fsp3) is 0. The molecule has 0 saturated heterocycles. The third kappa shape index (κ3) is 2.84. The minimum atomic E-state index is 0.976. The summed E-state index contributed by atoms with van der Waals surface area (Å²) < 4.78 is 7.19. The van der Waals surface area contributed by atoms with E-state index in [0.29, 0.717) is 0 Å². The van der Waals surface area contributed by atoms with Crippen LogP contribution in [0.5, 0.6) is 0 Å². The molecule has 0 N–H and O–H groups in total. The number of pyridine rings is 1. The Bertz CT molecular complexity index is 2920. The van der Waals surface area contributed by atoms with Gasteiger partial charge in [-0.25, -0.2) is 4.98 Å². The number of benzene rings is 6. The number of hydrogen-bond acceptors (Lipinski definition) is 1. The molecule has 0 aliphatic rings. The van der Waals surface area contributed by atoms with Crippen LogP contribution in [0.2, 0.25) is 0 Å². The van der Waals surface area contributed by atoms with Gasteiger partial charge in [0.1, 0.15) is 5.65 Å². The van der Waals surface area contributed by atoms with Gasteiger partial charge < -0.3 is 8.97 Å². The smallest absolute Gasteiger partial charge is 0.145 e. The highest BCUT2D eigenvalue weighted by molar-refractivity contribution is 6.35. The highest BCUT2D eigenvalue weighted by atomic mass is 15.0. The van der Waals surface area contributed by atoms with Crippen LogP contribution in [0.1, 0.15) is 0 Å². The van der Waals surface area contributed by atoms with E-state index < -0.39 is 0 Å². The first-order valence-corrected chi connectivity index (χ1v) is 15.4. The molecule has 0 radical (unpaired) electrons. The molecule has 5 aromatic heterocycles. The van der Waals surface area contributed by atoms with Crippen LogP contribution in [0.15, 0.2) is 146 Å². The van der Waals surface area contributed by atoms with E-state index in [0.717, 1.165) is 22.5 Å². The Morgan fingerprint density at radius 2 is 0.889 bits per heavy atom. The molecule has 0 amide bonds. The van der Waals surface area contributed by atoms with Gasteiger partial charge in [-0.1, -0.05) is 72.8 Å². The van der Waals surface area contributed by atoms with Crippen molar-refractivity contribution in [3.8, 4) is 11.4 Å². The minimum Gasteiger partial charge on any atom is -0.309 e. The normalized spacial score (nSPS) is 12.4. The lowest BCUT2D eigenvalue weighted by Crippen LogP contribution is -1.98. The second-order valence-electron chi connectivity index (χ2n) is 12.0. The highest BCUT2D eigenvalue weighted by Crippen LogP contribution is 2.46. The van der Waals surface area contributed by atoms with Crippen molar-refractivity contribution in [3.05, 3.63) is 146 Å². The van der Waals surface area contributed by atoms with E-state index in [4.69, 9.17) is 4.98 Å². The number of rotatable bonds is 2. The quantitative estimate of drug-likeness (QED) is 0.202. The molecule has 0 unspecified atom stereocenters. The predicted molar refractivity (Wildman–Crippen MR) is 188 cm³/mol. The Morgan fingerprint density at radius 1 is 0.378 bits per heavy atom. The molecule has 5 heterocycles. The molecular weight excluding hydrogens is 548 g/mol. The molecule has 45 heavy (non-hydrogen) atoms. The fourth-order valence-electron chi connectivity index (χ4n) is 8.05. The molecule has 4 nitrogen and oxygen atoms in total. The van der Waals surface area contributed by atoms with Gasteiger partial charge in [-0.05, 0) is 66.7 Å². The Kier molecular flexibility index (Phi) is 4.29. The summed E-state index contributed by atoms with van der Waals surface area (Å²) in [6, 6.07) is 50.7. The average molecular weight is 573 g/mol. The van der Waals surface area contributed by atoms with Crippen molar-refractivity contribution in [2.75, 3.05) is 0 Å². The van der Waals surface area contributed by atoms with Gasteiger partial charge in [0.25, 0.3) is 0 Å². The van der Waals surface area contributed by atoms with Crippen molar-refractivity contribution >= 4 is 81.8 Å². The molecule has 11 rings (SSSR count). The van der Waals surface area contributed by atoms with Crippen molar-refractivity contribution in [1.29, 1.82) is 0 Å². The molecule has 0 saturated carbocycles. The zero-order valence-corrected chi connectivity index (χ0v) is 24.1. The van der Waals surface area contributed by atoms with Gasteiger partial charge in [-0.3, -0.25) is 4.57 Å². The maximum absolute atomic E-state index is 4.80. The molecule has 0 spiro atoms. The lowest BCUT2D eigenvalue weighted by Gasteiger charge is -2.11. The van der Waals surface area contributed by atoms with Crippen LogP contribution in [0.4, 0.5) is 0 Å². The maximum atomic E-state index is 4.80. The average Bonchev–Trinajstić information content (AvgIpc) is 3.82. The van der Waals surface area contributed by atoms with Crippen LogP contribution in [0.3, 0.4) is 0 Å². The summed E-state index contributed by atoms with van der Waals surface area (Å²) in [6.45, 7) is 0. The first-order chi connectivity index (χ1) is 22.4. The molecular formula is C41H24N4. The third-order valence-electron chi connectivity index (χ3n) is 9.81. The number of nitrogens with zero attached hydrogens (tertiary/aromatic N) is 4. The van der Waals surface area contributed by atoms with Crippen molar-refractivity contribution < 1.29 is 0 Å². The van der Waals surface area contributed by atoms with Gasteiger partial charge in [0, 0.05) is 60.7 Å². The highest BCUT2D eigenvalue weighted by Gasteiger charge is 2.24. The Balaban J connectivity index is 1.24. The van der Waals surface area contributed by atoms with Crippen LogP contribution in [0, 0.1) is 0 Å². The van der Waals surface area contributed by atoms with E-state index in [1.165, 1.54) is 70.7 Å². The van der Waals surface area contributed by atoms with Gasteiger partial charge in [0.15, 0.2) is 0 Å². The Hall–Kier alpha value is -6.13. The summed E-state index contributed by atoms with van der Waals surface area (Å²) in [5, 5.41) is 10.2. The van der Waals surface area contributed by atoms with E-state index in [-0.39, 0.29) is 0 Å². The zero-order chi connectivity index (χ0) is 29.2. The van der Waals surface area contributed by atoms with Crippen molar-refractivity contribution in [2.24, 2.45) is 0 Å². The Labute approximate surface area is 256 Å². The van der Waals surface area contributed by atoms with Gasteiger partial charge in [-0.2, -0.15) is 0 Å². The summed E-state index contributed by atoms with van der Waals surface area (Å²) in [6.07, 6.45) is 1.88. The van der Waals surface area contributed by atoms with E-state index in [9.17, 15) is 0 Å². The topological polar surface area (TPSA) is 27.2 Å². The first-order valence-electron chi connectivity index (χ1n) is 15.4. The largest absolute Gasteiger partial charge is 0.309 e. The lowest BCUT2D eigenvalue weighted by molar-refractivity contribution is 1.12. The number of fused-ring (bicyclic) bond motifs is 13. The minimum absolute atomic E-state index is 0.976. The number of hydrogen-bond donors (Lipinski definition) is 0. The van der Waals surface area contributed by atoms with Gasteiger partial charge in [0.2, 0.25) is 0 Å². The monoisotopic (exact) mass is 572 g/mol. The van der Waals surface area contributed by atoms with E-state index in [1.807, 2.05) is 12.3 Å². The standard InChI is InChI=1S/C41H24N4/c1-5-15-33-27(10-1)29-14-9-23-42-41(29)44(33)26-21-19-25(20-22-26)43-35-17-7-3-12-30(35)38-37(43)24-32-28-11-2-6-16-34(28)45-36-18-8-4-13-31(36)39(38)40(32)45/h1-24H. The SMILES string of the molecule is c1ccc2c(c1)c1c3c4ccccc4n4c5ccccc5c(cc1n2-c1ccc(-n2c5ccccc5c5cccnc52)cc1)c34. The van der Waals surface area contributed by atoms with Gasteiger partial charge in [-0.15, -0.1) is 0 Å². The lowest BCUT2D eigenvalue weighted by atomic mass is 10.0. The summed E-state index contributed by atoms with van der Waals surface area (Å²) in [5.74, 6) is 0. The summed E-state index contributed by atoms with van der Waals surface area (Å²) in [7, 11) is 0. The van der Waals surface area contributed by atoms with Crippen LogP contribution in [0.25, 0.3) is 93.2 Å². The first kappa shape index (κ1) is 23.3. The predicted octanol–water partition coefficient (Wildman–Crippen LogP) is 10.4. The zero-order valence-electron chi connectivity index (χ0n) is 24.1. The maximum Gasteiger partial charge on any atom is 0.145 e. The Morgan fingerprint density at radius 3 is 1.60 bits per heavy atom. The molecule has 0 aliphatic carbocycles. The molecule has 0 atom stereocenters. The van der Waals surface area contributed by atoms with E-state index in [2.05, 4.69) is 147 Å². The molecule has 4 heteroatoms. The second kappa shape index (κ2) is 8.28. The summed E-state index contributed by atoms with van der Waals surface area (Å²) >= 11 is 0. The molecule has 0 aliphatic heterocycles. The summed E-state index contributed by atoms with van der Waals surface area (Å²) in [4.78, 5) is 4.80. The molecule has 6 aromatic carbocycles. The van der Waals surface area contributed by atoms with Crippen molar-refractivity contribution in [3.63, 3.8) is 0 Å². The van der Waals surface area contributed by atoms with E-state index >= 15 is 0 Å². The summed E-state index contributed by atoms with van der Waals surface area (Å²) in [5.41, 5.74) is 10.6. The van der Waals surface area contributed by atoms with E-state index in [1.54, 1.807) is 0 Å². The van der Waals surface area contributed by atoms with Crippen molar-refractivity contribution in [1.82, 2.24) is 18.5 Å². The van der Waals surface area contributed by atoms with Crippen LogP contribution in [-0.2, 0) is 0 Å². The second-order valence-corrected chi connectivity index (χ2v) is 12.0. The van der Waals surface area contributed by atoms with Gasteiger partial charge in [0.05, 0.1) is 33.1 Å². The van der Waals surface area contributed by atoms with Crippen LogP contribution >= 0.6 is 0 Å². The van der Waals surface area contributed by atoms with Crippen LogP contribution in [-0.4, -0.2) is 18.5 Å². The van der Waals surface area contributed by atoms with Gasteiger partial charge >= 0.3 is 0 Å². The van der Waals surface area contributed by atoms with Crippen LogP contribution < -0.4 is 0 Å². The number of aromatic nitrogens is 4. The third-order valence-corrected chi connectivity index (χ3v) is 9.81. The molecule has 0 fully saturated rings. The van der Waals surface area contributed by atoms with Crippen molar-refractivity contribution in [2.45, 2.75) is 0 Å². The molecule has 0 bridgehead atoms. The fourth-order valence-corrected chi connectivity index (χ4v) is 8.05. The number of para-hydroxylation sites is 4. The molecule has 11 aromatic rings.